The third-order valence-corrected chi connectivity index (χ3v) is 3.94. The first-order chi connectivity index (χ1) is 9.85. The van der Waals surface area contributed by atoms with Crippen LogP contribution in [0.2, 0.25) is 0 Å². The molecule has 0 aliphatic heterocycles. The highest BCUT2D eigenvalue weighted by Crippen LogP contribution is 2.18. The summed E-state index contributed by atoms with van der Waals surface area (Å²) < 4.78 is 0. The Morgan fingerprint density at radius 1 is 0.850 bits per heavy atom. The zero-order chi connectivity index (χ0) is 14.9. The van der Waals surface area contributed by atoms with Gasteiger partial charge < -0.3 is 0 Å². The van der Waals surface area contributed by atoms with Gasteiger partial charge in [0.05, 0.1) is 0 Å². The van der Waals surface area contributed by atoms with E-state index >= 15 is 0 Å². The number of hydrogen-bond acceptors (Lipinski definition) is 0. The van der Waals surface area contributed by atoms with Crippen LogP contribution in [0.5, 0.6) is 0 Å². The van der Waals surface area contributed by atoms with Gasteiger partial charge in [-0.2, -0.15) is 0 Å². The van der Waals surface area contributed by atoms with E-state index in [0.29, 0.717) is 0 Å². The molecule has 0 saturated heterocycles. The minimum absolute atomic E-state index is 0.775. The predicted octanol–water partition coefficient (Wildman–Crippen LogP) is 7.27. The molecule has 0 rings (SSSR count). The van der Waals surface area contributed by atoms with Gasteiger partial charge >= 0.3 is 0 Å². The van der Waals surface area contributed by atoms with Gasteiger partial charge in [-0.25, -0.2) is 0 Å². The molecule has 0 aliphatic carbocycles. The van der Waals surface area contributed by atoms with Crippen molar-refractivity contribution in [2.24, 2.45) is 5.92 Å². The summed E-state index contributed by atoms with van der Waals surface area (Å²) in [6.45, 7) is 10.0. The number of rotatable bonds is 15. The lowest BCUT2D eigenvalue weighted by molar-refractivity contribution is 0.507. The van der Waals surface area contributed by atoms with Crippen molar-refractivity contribution in [1.29, 1.82) is 0 Å². The van der Waals surface area contributed by atoms with Crippen LogP contribution < -0.4 is 0 Å². The van der Waals surface area contributed by atoms with E-state index in [1.807, 2.05) is 6.08 Å². The van der Waals surface area contributed by atoms with Crippen molar-refractivity contribution in [3.63, 3.8) is 0 Å². The van der Waals surface area contributed by atoms with Gasteiger partial charge in [0.2, 0.25) is 0 Å². The Balaban J connectivity index is 3.67. The lowest BCUT2D eigenvalue weighted by Gasteiger charge is -2.11. The molecule has 1 atom stereocenters. The van der Waals surface area contributed by atoms with Gasteiger partial charge in [0.25, 0.3) is 0 Å². The molecular weight excluding hydrogens is 240 g/mol. The third-order valence-electron chi connectivity index (χ3n) is 3.94. The first-order valence-corrected chi connectivity index (χ1v) is 8.92. The first-order valence-electron chi connectivity index (χ1n) is 8.92. The summed E-state index contributed by atoms with van der Waals surface area (Å²) in [5.74, 6) is 0.775. The Labute approximate surface area is 128 Å². The molecule has 0 spiro atoms. The van der Waals surface area contributed by atoms with Crippen molar-refractivity contribution in [3.05, 3.63) is 31.7 Å². The van der Waals surface area contributed by atoms with Crippen LogP contribution in [0.25, 0.3) is 0 Å². The summed E-state index contributed by atoms with van der Waals surface area (Å²) in [6, 6.07) is 0. The Hall–Kier alpha value is -0.520. The molecule has 0 heterocycles. The lowest BCUT2D eigenvalue weighted by atomic mass is 9.95. The Bertz CT molecular complexity index is 214. The standard InChI is InChI=1S/C20H37/c1-4-7-10-11-12-13-14-16-19-20(17-9-6-3)18-15-8-5-2/h5,16,19-20H,2-4,6-15,17-18H2,1H3. The quantitative estimate of drug-likeness (QED) is 0.218. The Morgan fingerprint density at radius 3 is 2.25 bits per heavy atom. The molecule has 0 saturated carbocycles. The first kappa shape index (κ1) is 19.5. The van der Waals surface area contributed by atoms with Gasteiger partial charge in [-0.15, -0.1) is 6.58 Å². The summed E-state index contributed by atoms with van der Waals surface area (Å²) in [7, 11) is 0. The van der Waals surface area contributed by atoms with Crippen LogP contribution in [0, 0.1) is 12.8 Å². The molecule has 0 heteroatoms. The molecule has 117 valence electrons. The predicted molar refractivity (Wildman–Crippen MR) is 93.9 cm³/mol. The molecule has 0 aliphatic rings. The Kier molecular flexibility index (Phi) is 16.1. The summed E-state index contributed by atoms with van der Waals surface area (Å²) in [6.07, 6.45) is 24.0. The van der Waals surface area contributed by atoms with Gasteiger partial charge in [0.15, 0.2) is 0 Å². The molecule has 0 aromatic heterocycles. The molecule has 0 aromatic rings. The maximum atomic E-state index is 3.96. The van der Waals surface area contributed by atoms with Crippen LogP contribution >= 0.6 is 0 Å². The normalized spacial score (nSPS) is 12.9. The molecule has 0 N–H and O–H groups in total. The zero-order valence-corrected chi connectivity index (χ0v) is 13.9. The summed E-state index contributed by atoms with van der Waals surface area (Å²) >= 11 is 0. The minimum Gasteiger partial charge on any atom is -0.103 e. The van der Waals surface area contributed by atoms with Gasteiger partial charge in [0.1, 0.15) is 0 Å². The van der Waals surface area contributed by atoms with Crippen LogP contribution in [-0.4, -0.2) is 0 Å². The average molecular weight is 278 g/mol. The number of hydrogen-bond donors (Lipinski definition) is 0. The second kappa shape index (κ2) is 16.5. The molecule has 0 amide bonds. The maximum absolute atomic E-state index is 3.96. The fourth-order valence-corrected chi connectivity index (χ4v) is 2.60. The maximum Gasteiger partial charge on any atom is -0.0233 e. The molecule has 1 unspecified atom stereocenters. The average Bonchev–Trinajstić information content (AvgIpc) is 2.47. The summed E-state index contributed by atoms with van der Waals surface area (Å²) in [5.41, 5.74) is 0. The SMILES string of the molecule is [CH2]CCCC(C=CCCCCCCCC)CCCC=C. The van der Waals surface area contributed by atoms with E-state index in [2.05, 4.69) is 32.6 Å². The molecule has 20 heavy (non-hydrogen) atoms. The van der Waals surface area contributed by atoms with Crippen LogP contribution in [0.4, 0.5) is 0 Å². The summed E-state index contributed by atoms with van der Waals surface area (Å²) in [4.78, 5) is 0. The topological polar surface area (TPSA) is 0 Å². The molecule has 1 radical (unpaired) electrons. The lowest BCUT2D eigenvalue weighted by Crippen LogP contribution is -1.96. The van der Waals surface area contributed by atoms with Crippen molar-refractivity contribution < 1.29 is 0 Å². The van der Waals surface area contributed by atoms with Crippen molar-refractivity contribution in [2.45, 2.75) is 90.4 Å². The molecule has 0 bridgehead atoms. The fraction of sp³-hybridized carbons (Fsp3) is 0.750. The molecule has 0 fully saturated rings. The minimum atomic E-state index is 0.775. The highest BCUT2D eigenvalue weighted by atomic mass is 14.1. The number of allylic oxidation sites excluding steroid dienone is 3. The Morgan fingerprint density at radius 2 is 1.55 bits per heavy atom. The molecular formula is C20H37. The zero-order valence-electron chi connectivity index (χ0n) is 13.9. The fourth-order valence-electron chi connectivity index (χ4n) is 2.60. The van der Waals surface area contributed by atoms with Crippen LogP contribution in [0.15, 0.2) is 24.8 Å². The van der Waals surface area contributed by atoms with Gasteiger partial charge in [0, 0.05) is 0 Å². The second-order valence-corrected chi connectivity index (χ2v) is 5.96. The van der Waals surface area contributed by atoms with Crippen LogP contribution in [-0.2, 0) is 0 Å². The van der Waals surface area contributed by atoms with E-state index in [4.69, 9.17) is 0 Å². The van der Waals surface area contributed by atoms with E-state index in [-0.39, 0.29) is 0 Å². The van der Waals surface area contributed by atoms with Gasteiger partial charge in [-0.3, -0.25) is 0 Å². The van der Waals surface area contributed by atoms with E-state index < -0.39 is 0 Å². The van der Waals surface area contributed by atoms with Crippen LogP contribution in [0.1, 0.15) is 90.4 Å². The van der Waals surface area contributed by atoms with E-state index in [1.54, 1.807) is 0 Å². The van der Waals surface area contributed by atoms with Crippen LogP contribution in [0.3, 0.4) is 0 Å². The highest BCUT2D eigenvalue weighted by molar-refractivity contribution is 4.88. The third kappa shape index (κ3) is 13.9. The molecule has 0 nitrogen and oxygen atoms in total. The van der Waals surface area contributed by atoms with E-state index in [1.165, 1.54) is 70.6 Å². The van der Waals surface area contributed by atoms with Crippen molar-refractivity contribution in [3.8, 4) is 0 Å². The highest BCUT2D eigenvalue weighted by Gasteiger charge is 2.03. The van der Waals surface area contributed by atoms with Gasteiger partial charge in [-0.05, 0) is 44.4 Å². The van der Waals surface area contributed by atoms with Crippen molar-refractivity contribution in [2.75, 3.05) is 0 Å². The second-order valence-electron chi connectivity index (χ2n) is 5.96. The van der Waals surface area contributed by atoms with E-state index in [0.717, 1.165) is 18.8 Å². The van der Waals surface area contributed by atoms with Crippen molar-refractivity contribution in [1.82, 2.24) is 0 Å². The van der Waals surface area contributed by atoms with Gasteiger partial charge in [-0.1, -0.05) is 77.0 Å². The van der Waals surface area contributed by atoms with E-state index in [9.17, 15) is 0 Å². The monoisotopic (exact) mass is 277 g/mol. The molecule has 0 aromatic carbocycles. The smallest absolute Gasteiger partial charge is 0.0233 e. The van der Waals surface area contributed by atoms with Crippen molar-refractivity contribution >= 4 is 0 Å². The largest absolute Gasteiger partial charge is 0.103 e. The summed E-state index contributed by atoms with van der Waals surface area (Å²) in [5, 5.41) is 0. The number of unbranched alkanes of at least 4 members (excludes halogenated alkanes) is 8.